The molecular formula is C14H14N4OS2. The molecule has 0 unspecified atom stereocenters. The number of para-hydroxylation sites is 1. The molecule has 0 fully saturated rings. The fourth-order valence-electron chi connectivity index (χ4n) is 1.84. The van der Waals surface area contributed by atoms with E-state index in [0.29, 0.717) is 0 Å². The molecular weight excluding hydrogens is 304 g/mol. The minimum Gasteiger partial charge on any atom is -0.496 e. The average Bonchev–Trinajstić information content (AvgIpc) is 3.14. The number of H-pyrrole nitrogens is 1. The van der Waals surface area contributed by atoms with Crippen molar-refractivity contribution in [2.45, 2.75) is 17.8 Å². The highest BCUT2D eigenvalue weighted by Crippen LogP contribution is 2.32. The van der Waals surface area contributed by atoms with E-state index in [1.165, 1.54) is 0 Å². The maximum Gasteiger partial charge on any atom is 0.208 e. The van der Waals surface area contributed by atoms with Gasteiger partial charge in [-0.15, -0.1) is 16.4 Å². The maximum absolute atomic E-state index is 5.38. The number of thioether (sulfide) groups is 1. The molecule has 108 valence electrons. The van der Waals surface area contributed by atoms with Crippen LogP contribution in [0.2, 0.25) is 0 Å². The lowest BCUT2D eigenvalue weighted by Gasteiger charge is -2.04. The van der Waals surface area contributed by atoms with Crippen LogP contribution in [0.5, 0.6) is 5.75 Å². The molecule has 3 aromatic rings. The molecule has 2 heterocycles. The molecule has 21 heavy (non-hydrogen) atoms. The lowest BCUT2D eigenvalue weighted by molar-refractivity contribution is 0.416. The largest absolute Gasteiger partial charge is 0.496 e. The van der Waals surface area contributed by atoms with Gasteiger partial charge in [0.25, 0.3) is 0 Å². The second-order valence-corrected chi connectivity index (χ2v) is 6.14. The fourth-order valence-corrected chi connectivity index (χ4v) is 3.53. The highest BCUT2D eigenvalue weighted by Gasteiger charge is 2.10. The van der Waals surface area contributed by atoms with Gasteiger partial charge in [-0.1, -0.05) is 23.9 Å². The first kappa shape index (κ1) is 14.1. The lowest BCUT2D eigenvalue weighted by atomic mass is 10.2. The molecule has 0 spiro atoms. The standard InChI is InChI=1S/C14H14N4OS2/c1-9-15-14(18-17-9)21-8-10-7-20-13(16-10)11-5-3-4-6-12(11)19-2/h3-7H,8H2,1-2H3,(H,15,17,18). The molecule has 0 aliphatic rings. The van der Waals surface area contributed by atoms with Crippen molar-refractivity contribution in [3.8, 4) is 16.3 Å². The van der Waals surface area contributed by atoms with Crippen LogP contribution in [0.15, 0.2) is 34.8 Å². The first-order valence-corrected chi connectivity index (χ1v) is 8.22. The van der Waals surface area contributed by atoms with Crippen molar-refractivity contribution in [3.05, 3.63) is 41.2 Å². The second-order valence-electron chi connectivity index (χ2n) is 4.34. The molecule has 0 radical (unpaired) electrons. The van der Waals surface area contributed by atoms with E-state index >= 15 is 0 Å². The molecule has 0 atom stereocenters. The summed E-state index contributed by atoms with van der Waals surface area (Å²) in [7, 11) is 1.68. The third-order valence-corrected chi connectivity index (χ3v) is 4.62. The summed E-state index contributed by atoms with van der Waals surface area (Å²) in [6, 6.07) is 7.91. The van der Waals surface area contributed by atoms with Gasteiger partial charge in [-0.2, -0.15) is 0 Å². The van der Waals surface area contributed by atoms with Gasteiger partial charge in [-0.25, -0.2) is 9.97 Å². The van der Waals surface area contributed by atoms with Crippen molar-refractivity contribution in [1.29, 1.82) is 0 Å². The number of hydrogen-bond donors (Lipinski definition) is 1. The van der Waals surface area contributed by atoms with Gasteiger partial charge in [0.1, 0.15) is 16.6 Å². The Labute approximate surface area is 130 Å². The smallest absolute Gasteiger partial charge is 0.208 e. The Morgan fingerprint density at radius 1 is 1.29 bits per heavy atom. The lowest BCUT2D eigenvalue weighted by Crippen LogP contribution is -1.87. The number of aromatic nitrogens is 4. The van der Waals surface area contributed by atoms with E-state index in [4.69, 9.17) is 4.74 Å². The Hall–Kier alpha value is -1.86. The summed E-state index contributed by atoms with van der Waals surface area (Å²) >= 11 is 3.19. The van der Waals surface area contributed by atoms with Crippen molar-refractivity contribution in [2.75, 3.05) is 7.11 Å². The van der Waals surface area contributed by atoms with Crippen LogP contribution < -0.4 is 4.74 Å². The molecule has 7 heteroatoms. The number of benzene rings is 1. The Morgan fingerprint density at radius 2 is 2.14 bits per heavy atom. The van der Waals surface area contributed by atoms with Gasteiger partial charge in [-0.3, -0.25) is 5.10 Å². The van der Waals surface area contributed by atoms with E-state index in [9.17, 15) is 0 Å². The first-order valence-electron chi connectivity index (χ1n) is 6.36. The number of methoxy groups -OCH3 is 1. The minimum atomic E-state index is 0.749. The summed E-state index contributed by atoms with van der Waals surface area (Å²) in [5.41, 5.74) is 2.04. The van der Waals surface area contributed by atoms with Crippen LogP contribution in [0.25, 0.3) is 10.6 Å². The van der Waals surface area contributed by atoms with E-state index in [2.05, 4.69) is 25.5 Å². The predicted molar refractivity (Wildman–Crippen MR) is 84.8 cm³/mol. The Morgan fingerprint density at radius 3 is 2.90 bits per heavy atom. The Bertz CT molecular complexity index is 738. The Balaban J connectivity index is 1.74. The molecule has 1 aromatic carbocycles. The van der Waals surface area contributed by atoms with Gasteiger partial charge in [0.15, 0.2) is 0 Å². The first-order chi connectivity index (χ1) is 10.3. The molecule has 0 bridgehead atoms. The SMILES string of the molecule is COc1ccccc1-c1nc(CSc2n[nH]c(C)n2)cs1. The zero-order chi connectivity index (χ0) is 14.7. The molecule has 2 aromatic heterocycles. The van der Waals surface area contributed by atoms with Crippen molar-refractivity contribution in [3.63, 3.8) is 0 Å². The van der Waals surface area contributed by atoms with Crippen molar-refractivity contribution >= 4 is 23.1 Å². The predicted octanol–water partition coefficient (Wildman–Crippen LogP) is 3.54. The third-order valence-electron chi connectivity index (χ3n) is 2.81. The number of ether oxygens (including phenoxy) is 1. The molecule has 0 saturated heterocycles. The van der Waals surface area contributed by atoms with Crippen LogP contribution in [0.3, 0.4) is 0 Å². The highest BCUT2D eigenvalue weighted by molar-refractivity contribution is 7.98. The summed E-state index contributed by atoms with van der Waals surface area (Å²) in [6.45, 7) is 1.89. The molecule has 3 rings (SSSR count). The highest BCUT2D eigenvalue weighted by atomic mass is 32.2. The average molecular weight is 318 g/mol. The summed E-state index contributed by atoms with van der Waals surface area (Å²) < 4.78 is 5.38. The second kappa shape index (κ2) is 6.28. The molecule has 5 nitrogen and oxygen atoms in total. The maximum atomic E-state index is 5.38. The van der Waals surface area contributed by atoms with Gasteiger partial charge >= 0.3 is 0 Å². The summed E-state index contributed by atoms with van der Waals surface area (Å²) in [6.07, 6.45) is 0. The van der Waals surface area contributed by atoms with Gasteiger partial charge in [0.05, 0.1) is 18.4 Å². The van der Waals surface area contributed by atoms with Crippen LogP contribution in [-0.4, -0.2) is 27.3 Å². The minimum absolute atomic E-state index is 0.749. The van der Waals surface area contributed by atoms with E-state index in [0.717, 1.165) is 38.7 Å². The molecule has 0 amide bonds. The third kappa shape index (κ3) is 3.25. The summed E-state index contributed by atoms with van der Waals surface area (Å²) in [4.78, 5) is 8.93. The molecule has 1 N–H and O–H groups in total. The summed E-state index contributed by atoms with van der Waals surface area (Å²) in [5, 5.41) is 10.7. The number of aryl methyl sites for hydroxylation is 1. The van der Waals surface area contributed by atoms with Crippen LogP contribution in [0.1, 0.15) is 11.5 Å². The van der Waals surface area contributed by atoms with Gasteiger partial charge in [0, 0.05) is 11.1 Å². The number of hydrogen-bond acceptors (Lipinski definition) is 6. The van der Waals surface area contributed by atoms with Gasteiger partial charge in [0.2, 0.25) is 5.16 Å². The quantitative estimate of drug-likeness (QED) is 0.729. The fraction of sp³-hybridized carbons (Fsp3) is 0.214. The normalized spacial score (nSPS) is 10.8. The van der Waals surface area contributed by atoms with Crippen molar-refractivity contribution in [1.82, 2.24) is 20.2 Å². The number of thiazole rings is 1. The van der Waals surface area contributed by atoms with Crippen LogP contribution in [0, 0.1) is 6.92 Å². The van der Waals surface area contributed by atoms with E-state index in [-0.39, 0.29) is 0 Å². The number of rotatable bonds is 5. The van der Waals surface area contributed by atoms with Crippen LogP contribution in [-0.2, 0) is 5.75 Å². The monoisotopic (exact) mass is 318 g/mol. The zero-order valence-electron chi connectivity index (χ0n) is 11.7. The number of nitrogens with zero attached hydrogens (tertiary/aromatic N) is 3. The van der Waals surface area contributed by atoms with Crippen molar-refractivity contribution < 1.29 is 4.74 Å². The van der Waals surface area contributed by atoms with Gasteiger partial charge in [-0.05, 0) is 19.1 Å². The topological polar surface area (TPSA) is 63.7 Å². The van der Waals surface area contributed by atoms with E-state index < -0.39 is 0 Å². The van der Waals surface area contributed by atoms with Gasteiger partial charge < -0.3 is 4.74 Å². The number of nitrogens with one attached hydrogen (secondary N) is 1. The van der Waals surface area contributed by atoms with E-state index in [1.54, 1.807) is 30.2 Å². The summed E-state index contributed by atoms with van der Waals surface area (Å²) in [5.74, 6) is 2.42. The zero-order valence-corrected chi connectivity index (χ0v) is 13.3. The molecule has 0 aliphatic heterocycles. The van der Waals surface area contributed by atoms with E-state index in [1.807, 2.05) is 31.2 Å². The van der Waals surface area contributed by atoms with Crippen LogP contribution in [0.4, 0.5) is 0 Å². The van der Waals surface area contributed by atoms with Crippen molar-refractivity contribution in [2.24, 2.45) is 0 Å². The molecule has 0 aliphatic carbocycles. The Kier molecular flexibility index (Phi) is 4.21. The number of aromatic amines is 1. The molecule has 0 saturated carbocycles. The van der Waals surface area contributed by atoms with Crippen LogP contribution >= 0.6 is 23.1 Å².